The van der Waals surface area contributed by atoms with Crippen LogP contribution < -0.4 is 10.1 Å². The highest BCUT2D eigenvalue weighted by atomic mass is 16.5. The number of methoxy groups -OCH3 is 1. The molecule has 1 aliphatic carbocycles. The lowest BCUT2D eigenvalue weighted by atomic mass is 9.75. The van der Waals surface area contributed by atoms with E-state index in [0.29, 0.717) is 29.9 Å². The van der Waals surface area contributed by atoms with Crippen LogP contribution in [0.4, 0.5) is 0 Å². The predicted octanol–water partition coefficient (Wildman–Crippen LogP) is 3.67. The van der Waals surface area contributed by atoms with E-state index in [1.165, 1.54) is 6.20 Å². The van der Waals surface area contributed by atoms with Crippen molar-refractivity contribution in [3.63, 3.8) is 0 Å². The molecular weight excluding hydrogens is 392 g/mol. The van der Waals surface area contributed by atoms with Crippen molar-refractivity contribution in [1.82, 2.24) is 20.1 Å². The first-order chi connectivity index (χ1) is 14.8. The van der Waals surface area contributed by atoms with Crippen molar-refractivity contribution in [2.75, 3.05) is 7.11 Å². The molecule has 3 aromatic rings. The number of ketones is 1. The van der Waals surface area contributed by atoms with Gasteiger partial charge in [0.1, 0.15) is 5.75 Å². The third-order valence-electron chi connectivity index (χ3n) is 5.56. The van der Waals surface area contributed by atoms with Crippen LogP contribution in [0.25, 0.3) is 5.82 Å². The molecule has 2 aromatic heterocycles. The molecule has 0 atom stereocenters. The number of hydrogen-bond acceptors (Lipinski definition) is 5. The molecule has 160 valence electrons. The Labute approximate surface area is 181 Å². The number of fused-ring (bicyclic) bond motifs is 1. The second-order valence-electron chi connectivity index (χ2n) is 8.70. The van der Waals surface area contributed by atoms with E-state index in [1.54, 1.807) is 23.9 Å². The Morgan fingerprint density at radius 2 is 1.90 bits per heavy atom. The van der Waals surface area contributed by atoms with Crippen LogP contribution in [0.2, 0.25) is 0 Å². The first kappa shape index (κ1) is 20.8. The number of carbonyl (C=O) groups is 2. The number of pyridine rings is 1. The normalized spacial score (nSPS) is 14.8. The van der Waals surface area contributed by atoms with Gasteiger partial charge in [-0.05, 0) is 48.6 Å². The summed E-state index contributed by atoms with van der Waals surface area (Å²) in [7, 11) is 1.62. The van der Waals surface area contributed by atoms with E-state index < -0.39 is 0 Å². The molecule has 1 N–H and O–H groups in total. The van der Waals surface area contributed by atoms with E-state index in [1.807, 2.05) is 31.2 Å². The summed E-state index contributed by atoms with van der Waals surface area (Å²) in [5.74, 6) is 1.30. The van der Waals surface area contributed by atoms with E-state index in [0.717, 1.165) is 29.1 Å². The van der Waals surface area contributed by atoms with Crippen molar-refractivity contribution in [1.29, 1.82) is 0 Å². The minimum atomic E-state index is -0.204. The average Bonchev–Trinajstić information content (AvgIpc) is 3.07. The number of hydrogen-bond donors (Lipinski definition) is 1. The van der Waals surface area contributed by atoms with Crippen molar-refractivity contribution in [2.24, 2.45) is 5.41 Å². The summed E-state index contributed by atoms with van der Waals surface area (Å²) < 4.78 is 6.88. The fourth-order valence-electron chi connectivity index (χ4n) is 4.00. The molecule has 1 amide bonds. The van der Waals surface area contributed by atoms with Crippen molar-refractivity contribution in [3.05, 3.63) is 70.7 Å². The van der Waals surface area contributed by atoms with Crippen molar-refractivity contribution in [2.45, 2.75) is 40.2 Å². The SMILES string of the molecule is COc1ccc(CNC(=O)c2ccc(-n3nc(C)c4c3CC(C)(C)CC4=O)nc2)cc1. The van der Waals surface area contributed by atoms with Gasteiger partial charge in [-0.1, -0.05) is 26.0 Å². The number of aromatic nitrogens is 3. The van der Waals surface area contributed by atoms with Gasteiger partial charge in [0.25, 0.3) is 5.91 Å². The van der Waals surface area contributed by atoms with Gasteiger partial charge < -0.3 is 10.1 Å². The molecule has 0 saturated heterocycles. The zero-order valence-electron chi connectivity index (χ0n) is 18.2. The first-order valence-corrected chi connectivity index (χ1v) is 10.3. The number of Topliss-reactive ketones (excluding diaryl/α,β-unsaturated/α-hetero) is 1. The minimum Gasteiger partial charge on any atom is -0.497 e. The van der Waals surface area contributed by atoms with Gasteiger partial charge >= 0.3 is 0 Å². The lowest BCUT2D eigenvalue weighted by Crippen LogP contribution is -2.28. The standard InChI is InChI=1S/C24H26N4O3/c1-15-22-19(11-24(2,3)12-20(22)29)28(27-15)21-10-7-17(14-25-21)23(30)26-13-16-5-8-18(31-4)9-6-16/h5-10,14H,11-13H2,1-4H3,(H,26,30). The van der Waals surface area contributed by atoms with E-state index >= 15 is 0 Å². The summed E-state index contributed by atoms with van der Waals surface area (Å²) in [6.07, 6.45) is 2.81. The van der Waals surface area contributed by atoms with E-state index in [2.05, 4.69) is 29.2 Å². The minimum absolute atomic E-state index is 0.115. The van der Waals surface area contributed by atoms with Crippen LogP contribution in [-0.2, 0) is 13.0 Å². The molecule has 1 aromatic carbocycles. The van der Waals surface area contributed by atoms with Gasteiger partial charge in [0, 0.05) is 19.2 Å². The fourth-order valence-corrected chi connectivity index (χ4v) is 4.00. The van der Waals surface area contributed by atoms with Gasteiger partial charge in [0.05, 0.1) is 29.6 Å². The van der Waals surface area contributed by atoms with E-state index in [-0.39, 0.29) is 17.1 Å². The van der Waals surface area contributed by atoms with Gasteiger partial charge in [0.15, 0.2) is 11.6 Å². The monoisotopic (exact) mass is 418 g/mol. The molecule has 7 heteroatoms. The third kappa shape index (κ3) is 4.21. The Balaban J connectivity index is 1.50. The highest BCUT2D eigenvalue weighted by molar-refractivity contribution is 6.00. The fraction of sp³-hybridized carbons (Fsp3) is 0.333. The molecule has 7 nitrogen and oxygen atoms in total. The Kier molecular flexibility index (Phi) is 5.35. The lowest BCUT2D eigenvalue weighted by molar-refractivity contribution is 0.0908. The molecule has 4 rings (SSSR count). The highest BCUT2D eigenvalue weighted by Gasteiger charge is 2.35. The topological polar surface area (TPSA) is 86.1 Å². The molecule has 0 spiro atoms. The molecule has 2 heterocycles. The largest absolute Gasteiger partial charge is 0.497 e. The summed E-state index contributed by atoms with van der Waals surface area (Å²) in [6.45, 7) is 6.44. The van der Waals surface area contributed by atoms with Crippen LogP contribution in [0.5, 0.6) is 5.75 Å². The van der Waals surface area contributed by atoms with Crippen LogP contribution >= 0.6 is 0 Å². The number of nitrogens with zero attached hydrogens (tertiary/aromatic N) is 3. The number of benzene rings is 1. The van der Waals surface area contributed by atoms with Crippen LogP contribution in [0, 0.1) is 12.3 Å². The second-order valence-corrected chi connectivity index (χ2v) is 8.70. The highest BCUT2D eigenvalue weighted by Crippen LogP contribution is 2.36. The maximum absolute atomic E-state index is 12.6. The smallest absolute Gasteiger partial charge is 0.253 e. The molecule has 0 unspecified atom stereocenters. The summed E-state index contributed by atoms with van der Waals surface area (Å²) in [6, 6.07) is 11.0. The van der Waals surface area contributed by atoms with Crippen LogP contribution in [0.15, 0.2) is 42.6 Å². The Morgan fingerprint density at radius 3 is 2.55 bits per heavy atom. The maximum Gasteiger partial charge on any atom is 0.253 e. The first-order valence-electron chi connectivity index (χ1n) is 10.3. The molecule has 1 aliphatic rings. The molecule has 31 heavy (non-hydrogen) atoms. The summed E-state index contributed by atoms with van der Waals surface area (Å²) >= 11 is 0. The zero-order chi connectivity index (χ0) is 22.2. The second kappa shape index (κ2) is 7.98. The number of rotatable bonds is 5. The summed E-state index contributed by atoms with van der Waals surface area (Å²) in [5.41, 5.74) is 3.65. The number of nitrogens with one attached hydrogen (secondary N) is 1. The molecule has 0 radical (unpaired) electrons. The number of carbonyl (C=O) groups excluding carboxylic acids is 2. The molecular formula is C24H26N4O3. The summed E-state index contributed by atoms with van der Waals surface area (Å²) in [4.78, 5) is 29.6. The van der Waals surface area contributed by atoms with Gasteiger partial charge in [-0.3, -0.25) is 9.59 Å². The molecule has 0 fully saturated rings. The Morgan fingerprint density at radius 1 is 1.16 bits per heavy atom. The molecule has 0 saturated carbocycles. The quantitative estimate of drug-likeness (QED) is 0.683. The van der Waals surface area contributed by atoms with Crippen molar-refractivity contribution >= 4 is 11.7 Å². The Bertz CT molecular complexity index is 1130. The average molecular weight is 418 g/mol. The number of aryl methyl sites for hydroxylation is 1. The van der Waals surface area contributed by atoms with Gasteiger partial charge in [-0.15, -0.1) is 0 Å². The predicted molar refractivity (Wildman–Crippen MR) is 117 cm³/mol. The number of ether oxygens (including phenoxy) is 1. The molecule has 0 aliphatic heterocycles. The summed E-state index contributed by atoms with van der Waals surface area (Å²) in [5, 5.41) is 7.46. The molecule has 0 bridgehead atoms. The van der Waals surface area contributed by atoms with Crippen LogP contribution in [-0.4, -0.2) is 33.6 Å². The Hall–Kier alpha value is -3.48. The third-order valence-corrected chi connectivity index (χ3v) is 5.56. The van der Waals surface area contributed by atoms with E-state index in [9.17, 15) is 9.59 Å². The van der Waals surface area contributed by atoms with E-state index in [4.69, 9.17) is 4.74 Å². The van der Waals surface area contributed by atoms with Gasteiger partial charge in [-0.2, -0.15) is 5.10 Å². The maximum atomic E-state index is 12.6. The lowest BCUT2D eigenvalue weighted by Gasteiger charge is -2.29. The zero-order valence-corrected chi connectivity index (χ0v) is 18.2. The van der Waals surface area contributed by atoms with Gasteiger partial charge in [-0.25, -0.2) is 9.67 Å². The van der Waals surface area contributed by atoms with Crippen molar-refractivity contribution < 1.29 is 14.3 Å². The number of amides is 1. The van der Waals surface area contributed by atoms with Crippen LogP contribution in [0.1, 0.15) is 57.9 Å². The van der Waals surface area contributed by atoms with Gasteiger partial charge in [0.2, 0.25) is 0 Å². The van der Waals surface area contributed by atoms with Crippen LogP contribution in [0.3, 0.4) is 0 Å². The van der Waals surface area contributed by atoms with Crippen molar-refractivity contribution in [3.8, 4) is 11.6 Å².